The number of halogens is 2. The number of amides is 1. The number of nitrogens with zero attached hydrogens (tertiary/aromatic N) is 2. The molecule has 0 atom stereocenters. The summed E-state index contributed by atoms with van der Waals surface area (Å²) < 4.78 is 26.9. The second kappa shape index (κ2) is 9.26. The predicted octanol–water partition coefficient (Wildman–Crippen LogP) is 5.16. The number of anilines is 1. The van der Waals surface area contributed by atoms with Crippen LogP contribution in [0.4, 0.5) is 5.13 Å². The molecule has 6 nitrogen and oxygen atoms in total. The number of carbonyl (C=O) groups excluding carboxylic acids is 1. The molecule has 1 amide bonds. The van der Waals surface area contributed by atoms with Crippen LogP contribution in [0.1, 0.15) is 12.8 Å². The molecule has 2 aromatic carbocycles. The first-order chi connectivity index (χ1) is 14.8. The topological polar surface area (TPSA) is 79.4 Å². The van der Waals surface area contributed by atoms with Crippen LogP contribution in [0.25, 0.3) is 11.3 Å². The number of carbonyl (C=O) groups is 1. The van der Waals surface area contributed by atoms with E-state index in [2.05, 4.69) is 10.3 Å². The molecule has 1 fully saturated rings. The Kier molecular flexibility index (Phi) is 6.64. The number of hydrogen-bond donors (Lipinski definition) is 1. The van der Waals surface area contributed by atoms with E-state index in [9.17, 15) is 13.2 Å². The maximum Gasteiger partial charge on any atom is 0.243 e. The van der Waals surface area contributed by atoms with E-state index in [1.165, 1.54) is 15.6 Å². The van der Waals surface area contributed by atoms with Gasteiger partial charge in [0.1, 0.15) is 0 Å². The van der Waals surface area contributed by atoms with Crippen molar-refractivity contribution in [1.29, 1.82) is 0 Å². The molecule has 0 spiro atoms. The highest BCUT2D eigenvalue weighted by molar-refractivity contribution is 7.89. The number of aromatic nitrogens is 1. The quantitative estimate of drug-likeness (QED) is 0.530. The Hall–Kier alpha value is -1.97. The van der Waals surface area contributed by atoms with Gasteiger partial charge < -0.3 is 5.32 Å². The van der Waals surface area contributed by atoms with Crippen LogP contribution < -0.4 is 5.32 Å². The highest BCUT2D eigenvalue weighted by Gasteiger charge is 2.32. The van der Waals surface area contributed by atoms with Crippen molar-refractivity contribution < 1.29 is 13.2 Å². The monoisotopic (exact) mass is 495 g/mol. The van der Waals surface area contributed by atoms with E-state index in [0.29, 0.717) is 46.8 Å². The first kappa shape index (κ1) is 22.2. The van der Waals surface area contributed by atoms with Crippen molar-refractivity contribution in [3.05, 3.63) is 64.0 Å². The van der Waals surface area contributed by atoms with Crippen molar-refractivity contribution in [2.45, 2.75) is 17.7 Å². The first-order valence-electron chi connectivity index (χ1n) is 9.61. The zero-order valence-corrected chi connectivity index (χ0v) is 19.4. The van der Waals surface area contributed by atoms with Gasteiger partial charge in [-0.15, -0.1) is 11.3 Å². The van der Waals surface area contributed by atoms with Crippen LogP contribution >= 0.6 is 34.5 Å². The molecule has 0 aliphatic carbocycles. The minimum atomic E-state index is -3.54. The van der Waals surface area contributed by atoms with Gasteiger partial charge in [-0.3, -0.25) is 4.79 Å². The summed E-state index contributed by atoms with van der Waals surface area (Å²) >= 11 is 13.5. The van der Waals surface area contributed by atoms with E-state index >= 15 is 0 Å². The normalized spacial score (nSPS) is 15.7. The van der Waals surface area contributed by atoms with E-state index < -0.39 is 10.0 Å². The third-order valence-corrected chi connectivity index (χ3v) is 8.37. The Labute approximate surface area is 194 Å². The van der Waals surface area contributed by atoms with Crippen molar-refractivity contribution in [2.24, 2.45) is 5.92 Å². The van der Waals surface area contributed by atoms with Crippen molar-refractivity contribution in [2.75, 3.05) is 18.4 Å². The molecule has 0 bridgehead atoms. The third-order valence-electron chi connectivity index (χ3n) is 5.15. The smallest absolute Gasteiger partial charge is 0.243 e. The summed E-state index contributed by atoms with van der Waals surface area (Å²) in [5.41, 5.74) is 1.40. The Morgan fingerprint density at radius 2 is 1.81 bits per heavy atom. The van der Waals surface area contributed by atoms with E-state index in [4.69, 9.17) is 23.2 Å². The minimum Gasteiger partial charge on any atom is -0.302 e. The molecular formula is C21H19Cl2N3O3S2. The highest BCUT2D eigenvalue weighted by atomic mass is 35.5. The van der Waals surface area contributed by atoms with Gasteiger partial charge in [-0.2, -0.15) is 4.31 Å². The minimum absolute atomic E-state index is 0.153. The summed E-state index contributed by atoms with van der Waals surface area (Å²) in [6.07, 6.45) is 0.915. The number of piperidine rings is 1. The number of sulfonamides is 1. The fraction of sp³-hybridized carbons (Fsp3) is 0.238. The van der Waals surface area contributed by atoms with Crippen LogP contribution in [-0.2, 0) is 14.8 Å². The van der Waals surface area contributed by atoms with Gasteiger partial charge in [-0.05, 0) is 43.2 Å². The van der Waals surface area contributed by atoms with Crippen LogP contribution in [0.5, 0.6) is 0 Å². The second-order valence-electron chi connectivity index (χ2n) is 7.14. The van der Waals surface area contributed by atoms with E-state index in [1.54, 1.807) is 48.5 Å². The van der Waals surface area contributed by atoms with Crippen molar-refractivity contribution >= 4 is 55.6 Å². The second-order valence-corrected chi connectivity index (χ2v) is 10.8. The van der Waals surface area contributed by atoms with Crippen LogP contribution in [0, 0.1) is 5.92 Å². The van der Waals surface area contributed by atoms with Gasteiger partial charge in [0, 0.05) is 35.0 Å². The van der Waals surface area contributed by atoms with E-state index in [-0.39, 0.29) is 16.7 Å². The summed E-state index contributed by atoms with van der Waals surface area (Å²) in [6.45, 7) is 0.609. The molecule has 1 aliphatic rings. The van der Waals surface area contributed by atoms with Crippen LogP contribution in [0.15, 0.2) is 58.8 Å². The summed E-state index contributed by atoms with van der Waals surface area (Å²) in [7, 11) is -3.54. The molecule has 1 saturated heterocycles. The van der Waals surface area contributed by atoms with E-state index in [0.717, 1.165) is 5.56 Å². The van der Waals surface area contributed by atoms with Crippen molar-refractivity contribution in [3.63, 3.8) is 0 Å². The van der Waals surface area contributed by atoms with E-state index in [1.807, 2.05) is 5.38 Å². The number of benzene rings is 2. The van der Waals surface area contributed by atoms with Gasteiger partial charge in [-0.25, -0.2) is 13.4 Å². The molecular weight excluding hydrogens is 477 g/mol. The lowest BCUT2D eigenvalue weighted by atomic mass is 9.97. The average molecular weight is 496 g/mol. The lowest BCUT2D eigenvalue weighted by Crippen LogP contribution is -2.41. The number of nitrogens with one attached hydrogen (secondary N) is 1. The molecule has 31 heavy (non-hydrogen) atoms. The molecule has 162 valence electrons. The fourth-order valence-corrected chi connectivity index (χ4v) is 6.17. The van der Waals surface area contributed by atoms with Crippen LogP contribution in [0.2, 0.25) is 10.0 Å². The molecule has 2 heterocycles. The zero-order chi connectivity index (χ0) is 22.0. The van der Waals surface area contributed by atoms with Gasteiger partial charge in [0.05, 0.1) is 15.6 Å². The average Bonchev–Trinajstić information content (AvgIpc) is 3.22. The van der Waals surface area contributed by atoms with Crippen LogP contribution in [-0.4, -0.2) is 36.7 Å². The summed E-state index contributed by atoms with van der Waals surface area (Å²) in [5.74, 6) is -0.423. The Morgan fingerprint density at radius 3 is 2.48 bits per heavy atom. The van der Waals surface area contributed by atoms with Gasteiger partial charge >= 0.3 is 0 Å². The first-order valence-corrected chi connectivity index (χ1v) is 12.7. The highest BCUT2D eigenvalue weighted by Crippen LogP contribution is 2.33. The van der Waals surface area contributed by atoms with Gasteiger partial charge in [0.25, 0.3) is 0 Å². The largest absolute Gasteiger partial charge is 0.302 e. The molecule has 0 unspecified atom stereocenters. The summed E-state index contributed by atoms with van der Waals surface area (Å²) in [6, 6.07) is 13.5. The Balaban J connectivity index is 1.37. The maximum absolute atomic E-state index is 12.7. The molecule has 0 radical (unpaired) electrons. The van der Waals surface area contributed by atoms with Gasteiger partial charge in [0.15, 0.2) is 5.13 Å². The Morgan fingerprint density at radius 1 is 1.10 bits per heavy atom. The number of hydrogen-bond acceptors (Lipinski definition) is 5. The lowest BCUT2D eigenvalue weighted by Gasteiger charge is -2.30. The summed E-state index contributed by atoms with van der Waals surface area (Å²) in [5, 5.41) is 6.17. The van der Waals surface area contributed by atoms with Crippen LogP contribution in [0.3, 0.4) is 0 Å². The van der Waals surface area contributed by atoms with Crippen molar-refractivity contribution in [1.82, 2.24) is 9.29 Å². The maximum atomic E-state index is 12.7. The molecule has 3 aromatic rings. The van der Waals surface area contributed by atoms with Gasteiger partial charge in [-0.1, -0.05) is 41.4 Å². The molecule has 1 aliphatic heterocycles. The lowest BCUT2D eigenvalue weighted by molar-refractivity contribution is -0.120. The zero-order valence-electron chi connectivity index (χ0n) is 16.3. The molecule has 10 heteroatoms. The molecule has 1 aromatic heterocycles. The molecule has 1 N–H and O–H groups in total. The number of thiazole rings is 1. The van der Waals surface area contributed by atoms with Crippen molar-refractivity contribution in [3.8, 4) is 11.3 Å². The molecule has 0 saturated carbocycles. The Bertz CT molecular complexity index is 1190. The fourth-order valence-electron chi connectivity index (χ4n) is 3.46. The third kappa shape index (κ3) is 4.94. The summed E-state index contributed by atoms with van der Waals surface area (Å²) in [4.78, 5) is 17.4. The van der Waals surface area contributed by atoms with Gasteiger partial charge in [0.2, 0.25) is 15.9 Å². The predicted molar refractivity (Wildman–Crippen MR) is 124 cm³/mol. The standard InChI is InChI=1S/C21H19Cl2N3O3S2/c22-15-6-7-17(18(23)12-15)19-13-30-21(24-19)25-20(27)14-8-10-26(11-9-14)31(28,29)16-4-2-1-3-5-16/h1-7,12-14H,8-11H2,(H,24,25,27). The SMILES string of the molecule is O=C(Nc1nc(-c2ccc(Cl)cc2Cl)cs1)C1CCN(S(=O)(=O)c2ccccc2)CC1. The molecule has 4 rings (SSSR count). The number of rotatable bonds is 5.